The van der Waals surface area contributed by atoms with E-state index in [0.717, 1.165) is 17.7 Å². The van der Waals surface area contributed by atoms with Crippen LogP contribution in [-0.2, 0) is 6.42 Å². The second-order valence-electron chi connectivity index (χ2n) is 4.26. The van der Waals surface area contributed by atoms with Gasteiger partial charge >= 0.3 is 0 Å². The summed E-state index contributed by atoms with van der Waals surface area (Å²) in [6.07, 6.45) is 0.866. The van der Waals surface area contributed by atoms with Crippen LogP contribution in [0.1, 0.15) is 23.7 Å². The van der Waals surface area contributed by atoms with E-state index in [0.29, 0.717) is 11.6 Å². The molecule has 0 unspecified atom stereocenters. The Morgan fingerprint density at radius 3 is 2.47 bits per heavy atom. The number of nitrogen functional groups attached to an aromatic ring is 1. The molecular weight excluding hydrogens is 210 g/mol. The SMILES string of the molecule is CCc1cc(N)nc(-c2ccc(C)c(C)c2)n1. The summed E-state index contributed by atoms with van der Waals surface area (Å²) in [6.45, 7) is 6.24. The number of hydrogen-bond acceptors (Lipinski definition) is 3. The normalized spacial score (nSPS) is 10.5. The van der Waals surface area contributed by atoms with Crippen molar-refractivity contribution in [3.05, 3.63) is 41.1 Å². The molecule has 0 saturated heterocycles. The van der Waals surface area contributed by atoms with Gasteiger partial charge in [-0.1, -0.05) is 19.1 Å². The van der Waals surface area contributed by atoms with E-state index >= 15 is 0 Å². The Bertz CT molecular complexity index is 547. The topological polar surface area (TPSA) is 51.8 Å². The first kappa shape index (κ1) is 11.6. The van der Waals surface area contributed by atoms with Crippen LogP contribution in [0.5, 0.6) is 0 Å². The van der Waals surface area contributed by atoms with Crippen molar-refractivity contribution in [2.24, 2.45) is 0 Å². The molecule has 0 radical (unpaired) electrons. The zero-order chi connectivity index (χ0) is 12.4. The molecule has 0 amide bonds. The molecule has 0 aliphatic carbocycles. The molecule has 0 fully saturated rings. The molecule has 0 atom stereocenters. The molecule has 3 nitrogen and oxygen atoms in total. The molecule has 0 saturated carbocycles. The quantitative estimate of drug-likeness (QED) is 0.858. The molecule has 1 heterocycles. The standard InChI is InChI=1S/C14H17N3/c1-4-12-8-13(15)17-14(16-12)11-6-5-9(2)10(3)7-11/h5-8H,4H2,1-3H3,(H2,15,16,17). The summed E-state index contributed by atoms with van der Waals surface area (Å²) in [5, 5.41) is 0. The van der Waals surface area contributed by atoms with Crippen LogP contribution in [0.2, 0.25) is 0 Å². The van der Waals surface area contributed by atoms with E-state index in [4.69, 9.17) is 5.73 Å². The molecule has 2 rings (SSSR count). The van der Waals surface area contributed by atoms with E-state index in [1.54, 1.807) is 0 Å². The van der Waals surface area contributed by atoms with Crippen LogP contribution in [0.15, 0.2) is 24.3 Å². The highest BCUT2D eigenvalue weighted by molar-refractivity contribution is 5.59. The third-order valence-corrected chi connectivity index (χ3v) is 2.93. The van der Waals surface area contributed by atoms with Crippen LogP contribution in [0, 0.1) is 13.8 Å². The van der Waals surface area contributed by atoms with Gasteiger partial charge in [0.15, 0.2) is 5.82 Å². The van der Waals surface area contributed by atoms with Gasteiger partial charge in [-0.25, -0.2) is 9.97 Å². The Morgan fingerprint density at radius 2 is 1.82 bits per heavy atom. The number of benzene rings is 1. The van der Waals surface area contributed by atoms with E-state index in [9.17, 15) is 0 Å². The van der Waals surface area contributed by atoms with Gasteiger partial charge in [-0.3, -0.25) is 0 Å². The highest BCUT2D eigenvalue weighted by Crippen LogP contribution is 2.20. The van der Waals surface area contributed by atoms with E-state index in [1.807, 2.05) is 12.1 Å². The van der Waals surface area contributed by atoms with Gasteiger partial charge in [-0.15, -0.1) is 0 Å². The van der Waals surface area contributed by atoms with E-state index in [1.165, 1.54) is 11.1 Å². The molecule has 1 aromatic heterocycles. The molecule has 3 heteroatoms. The van der Waals surface area contributed by atoms with Gasteiger partial charge < -0.3 is 5.73 Å². The lowest BCUT2D eigenvalue weighted by atomic mass is 10.1. The minimum Gasteiger partial charge on any atom is -0.384 e. The first-order valence-corrected chi connectivity index (χ1v) is 5.81. The first-order chi connectivity index (χ1) is 8.10. The van der Waals surface area contributed by atoms with Crippen molar-refractivity contribution in [2.75, 3.05) is 5.73 Å². The number of rotatable bonds is 2. The number of nitrogens with two attached hydrogens (primary N) is 1. The monoisotopic (exact) mass is 227 g/mol. The van der Waals surface area contributed by atoms with Crippen LogP contribution >= 0.6 is 0 Å². The highest BCUT2D eigenvalue weighted by Gasteiger charge is 2.05. The fourth-order valence-electron chi connectivity index (χ4n) is 1.71. The van der Waals surface area contributed by atoms with E-state index < -0.39 is 0 Å². The van der Waals surface area contributed by atoms with E-state index in [2.05, 4.69) is 42.9 Å². The molecule has 88 valence electrons. The van der Waals surface area contributed by atoms with Crippen molar-refractivity contribution < 1.29 is 0 Å². The number of nitrogens with zero attached hydrogens (tertiary/aromatic N) is 2. The predicted octanol–water partition coefficient (Wildman–Crippen LogP) is 2.91. The Kier molecular flexibility index (Phi) is 3.09. The summed E-state index contributed by atoms with van der Waals surface area (Å²) in [7, 11) is 0. The fraction of sp³-hybridized carbons (Fsp3) is 0.286. The Labute approximate surface area is 102 Å². The Balaban J connectivity index is 2.52. The summed E-state index contributed by atoms with van der Waals surface area (Å²) in [6, 6.07) is 8.05. The maximum absolute atomic E-state index is 5.79. The molecule has 17 heavy (non-hydrogen) atoms. The molecule has 1 aromatic carbocycles. The van der Waals surface area contributed by atoms with Crippen molar-refractivity contribution in [2.45, 2.75) is 27.2 Å². The van der Waals surface area contributed by atoms with Crippen molar-refractivity contribution in [1.29, 1.82) is 0 Å². The molecule has 0 spiro atoms. The summed E-state index contributed by atoms with van der Waals surface area (Å²) in [5.41, 5.74) is 10.3. The predicted molar refractivity (Wildman–Crippen MR) is 70.7 cm³/mol. The highest BCUT2D eigenvalue weighted by atomic mass is 14.9. The van der Waals surface area contributed by atoms with Crippen molar-refractivity contribution in [3.63, 3.8) is 0 Å². The lowest BCUT2D eigenvalue weighted by Crippen LogP contribution is -1.99. The summed E-state index contributed by atoms with van der Waals surface area (Å²) < 4.78 is 0. The second kappa shape index (κ2) is 4.53. The molecular formula is C14H17N3. The Hall–Kier alpha value is -1.90. The third kappa shape index (κ3) is 2.44. The van der Waals surface area contributed by atoms with Crippen LogP contribution in [0.25, 0.3) is 11.4 Å². The lowest BCUT2D eigenvalue weighted by molar-refractivity contribution is 1.01. The average molecular weight is 227 g/mol. The smallest absolute Gasteiger partial charge is 0.161 e. The molecule has 2 N–H and O–H groups in total. The third-order valence-electron chi connectivity index (χ3n) is 2.93. The van der Waals surface area contributed by atoms with Crippen LogP contribution < -0.4 is 5.73 Å². The van der Waals surface area contributed by atoms with E-state index in [-0.39, 0.29) is 0 Å². The van der Waals surface area contributed by atoms with Crippen LogP contribution in [0.3, 0.4) is 0 Å². The number of aryl methyl sites for hydroxylation is 3. The zero-order valence-electron chi connectivity index (χ0n) is 10.5. The lowest BCUT2D eigenvalue weighted by Gasteiger charge is -2.06. The maximum atomic E-state index is 5.79. The van der Waals surface area contributed by atoms with Crippen LogP contribution in [-0.4, -0.2) is 9.97 Å². The largest absolute Gasteiger partial charge is 0.384 e. The van der Waals surface area contributed by atoms with Gasteiger partial charge in [0.2, 0.25) is 0 Å². The van der Waals surface area contributed by atoms with Crippen molar-refractivity contribution in [1.82, 2.24) is 9.97 Å². The summed E-state index contributed by atoms with van der Waals surface area (Å²) in [5.74, 6) is 1.25. The van der Waals surface area contributed by atoms with Gasteiger partial charge in [0.1, 0.15) is 5.82 Å². The zero-order valence-corrected chi connectivity index (χ0v) is 10.5. The average Bonchev–Trinajstić information content (AvgIpc) is 2.32. The number of aromatic nitrogens is 2. The maximum Gasteiger partial charge on any atom is 0.161 e. The molecule has 0 bridgehead atoms. The number of anilines is 1. The minimum atomic E-state index is 0.532. The molecule has 0 aliphatic rings. The summed E-state index contributed by atoms with van der Waals surface area (Å²) in [4.78, 5) is 8.79. The molecule has 2 aromatic rings. The number of hydrogen-bond donors (Lipinski definition) is 1. The van der Waals surface area contributed by atoms with Gasteiger partial charge in [0.05, 0.1) is 0 Å². The Morgan fingerprint density at radius 1 is 1.06 bits per heavy atom. The van der Waals surface area contributed by atoms with Crippen molar-refractivity contribution >= 4 is 5.82 Å². The van der Waals surface area contributed by atoms with Gasteiger partial charge in [0.25, 0.3) is 0 Å². The first-order valence-electron chi connectivity index (χ1n) is 5.81. The fourth-order valence-corrected chi connectivity index (χ4v) is 1.71. The molecule has 0 aliphatic heterocycles. The van der Waals surface area contributed by atoms with Gasteiger partial charge in [-0.2, -0.15) is 0 Å². The van der Waals surface area contributed by atoms with Gasteiger partial charge in [0, 0.05) is 17.3 Å². The second-order valence-corrected chi connectivity index (χ2v) is 4.26. The van der Waals surface area contributed by atoms with Crippen LogP contribution in [0.4, 0.5) is 5.82 Å². The minimum absolute atomic E-state index is 0.532. The summed E-state index contributed by atoms with van der Waals surface area (Å²) >= 11 is 0. The van der Waals surface area contributed by atoms with Gasteiger partial charge in [-0.05, 0) is 37.5 Å². The van der Waals surface area contributed by atoms with Crippen molar-refractivity contribution in [3.8, 4) is 11.4 Å².